The van der Waals surface area contributed by atoms with Crippen molar-refractivity contribution in [1.82, 2.24) is 23.4 Å². The summed E-state index contributed by atoms with van der Waals surface area (Å²) < 4.78 is 63.0. The molecule has 6 rings (SSSR count). The van der Waals surface area contributed by atoms with Crippen molar-refractivity contribution in [3.8, 4) is 0 Å². The van der Waals surface area contributed by atoms with Crippen LogP contribution in [0.15, 0.2) is 28.5 Å². The summed E-state index contributed by atoms with van der Waals surface area (Å²) in [5.74, 6) is -0.477. The molecule has 0 N–H and O–H groups in total. The molecule has 5 heterocycles. The number of amides is 1. The van der Waals surface area contributed by atoms with E-state index in [2.05, 4.69) is 9.88 Å². The van der Waals surface area contributed by atoms with E-state index in [4.69, 9.17) is 16.3 Å². The fourth-order valence-electron chi connectivity index (χ4n) is 5.57. The number of aromatic nitrogens is 1. The lowest BCUT2D eigenvalue weighted by Crippen LogP contribution is -2.57. The quantitative estimate of drug-likeness (QED) is 0.376. The van der Waals surface area contributed by atoms with Gasteiger partial charge in [-0.05, 0) is 37.1 Å². The highest BCUT2D eigenvalue weighted by Gasteiger charge is 2.39. The van der Waals surface area contributed by atoms with Gasteiger partial charge in [0.05, 0.1) is 24.7 Å². The molecule has 228 valence electrons. The van der Waals surface area contributed by atoms with E-state index < -0.39 is 26.1 Å². The average Bonchev–Trinajstić information content (AvgIpc) is 3.60. The summed E-state index contributed by atoms with van der Waals surface area (Å²) in [6, 6.07) is 6.25. The zero-order valence-corrected chi connectivity index (χ0v) is 27.1. The number of sulfonamides is 2. The number of benzene rings is 1. The van der Waals surface area contributed by atoms with E-state index in [1.54, 1.807) is 29.2 Å². The van der Waals surface area contributed by atoms with Gasteiger partial charge in [-0.3, -0.25) is 4.79 Å². The third-order valence-corrected chi connectivity index (χ3v) is 14.6. The molecule has 2 aromatic heterocycles. The highest BCUT2D eigenvalue weighted by molar-refractivity contribution is 7.91. The van der Waals surface area contributed by atoms with Gasteiger partial charge in [-0.25, -0.2) is 21.8 Å². The van der Waals surface area contributed by atoms with Crippen molar-refractivity contribution >= 4 is 70.3 Å². The molecule has 1 amide bonds. The molecule has 1 aromatic carbocycles. The predicted octanol–water partition coefficient (Wildman–Crippen LogP) is 2.57. The minimum Gasteiger partial charge on any atom is -0.379 e. The monoisotopic (exact) mass is 673 g/mol. The van der Waals surface area contributed by atoms with Crippen LogP contribution in [0, 0.1) is 0 Å². The second-order valence-corrected chi connectivity index (χ2v) is 17.6. The first-order chi connectivity index (χ1) is 20.0. The minimum atomic E-state index is -3.89. The van der Waals surface area contributed by atoms with Gasteiger partial charge in [0.1, 0.15) is 4.21 Å². The Morgan fingerprint density at radius 3 is 2.62 bits per heavy atom. The summed E-state index contributed by atoms with van der Waals surface area (Å²) in [5, 5.41) is 1.68. The Balaban J connectivity index is 1.26. The standard InChI is InChI=1S/C26H32ClN5O6S4/c1-29-6-4-21-23(17-29)40-25(28-21)26(33)32-8-7-31(16-20(32)5-13-41(34,35)30-9-11-38-12-10-30)42(36,37)24-14-18-2-3-19(27)15-22(18)39-24/h2-3,14-15,20H,4-13,16-17H2,1H3. The number of piperazine rings is 1. The van der Waals surface area contributed by atoms with Crippen LogP contribution in [0.25, 0.3) is 10.1 Å². The van der Waals surface area contributed by atoms with E-state index in [1.165, 1.54) is 19.9 Å². The Hall–Kier alpha value is -1.69. The maximum absolute atomic E-state index is 13.8. The number of morpholine rings is 1. The molecule has 1 unspecified atom stereocenters. The molecular weight excluding hydrogens is 642 g/mol. The number of thiophene rings is 1. The number of carbonyl (C=O) groups is 1. The second kappa shape index (κ2) is 12.0. The Kier molecular flexibility index (Phi) is 8.68. The molecule has 16 heteroatoms. The van der Waals surface area contributed by atoms with Crippen molar-refractivity contribution in [1.29, 1.82) is 0 Å². The zero-order valence-electron chi connectivity index (χ0n) is 23.1. The van der Waals surface area contributed by atoms with Crippen LogP contribution < -0.4 is 0 Å². The number of halogens is 1. The minimum absolute atomic E-state index is 0.00443. The summed E-state index contributed by atoms with van der Waals surface area (Å²) in [5.41, 5.74) is 0.930. The molecule has 3 aliphatic heterocycles. The van der Waals surface area contributed by atoms with Crippen LogP contribution in [0.3, 0.4) is 0 Å². The average molecular weight is 674 g/mol. The number of ether oxygens (including phenoxy) is 1. The lowest BCUT2D eigenvalue weighted by atomic mass is 10.1. The van der Waals surface area contributed by atoms with Crippen molar-refractivity contribution in [3.63, 3.8) is 0 Å². The summed E-state index contributed by atoms with van der Waals surface area (Å²) in [4.78, 5) is 23.3. The number of thiazole rings is 1. The van der Waals surface area contributed by atoms with Gasteiger partial charge in [-0.1, -0.05) is 17.7 Å². The Morgan fingerprint density at radius 2 is 1.83 bits per heavy atom. The second-order valence-electron chi connectivity index (χ2n) is 10.8. The van der Waals surface area contributed by atoms with Gasteiger partial charge in [-0.2, -0.15) is 8.61 Å². The van der Waals surface area contributed by atoms with Crippen molar-refractivity contribution < 1.29 is 26.4 Å². The molecule has 0 bridgehead atoms. The summed E-state index contributed by atoms with van der Waals surface area (Å²) >= 11 is 8.64. The maximum atomic E-state index is 13.8. The van der Waals surface area contributed by atoms with E-state index in [1.807, 2.05) is 7.05 Å². The SMILES string of the molecule is CN1CCc2nc(C(=O)N3CCN(S(=O)(=O)c4cc5ccc(Cl)cc5s4)CC3CCS(=O)(=O)N3CCOCC3)sc2C1. The number of nitrogens with zero attached hydrogens (tertiary/aromatic N) is 5. The molecule has 2 saturated heterocycles. The highest BCUT2D eigenvalue weighted by atomic mass is 35.5. The smallest absolute Gasteiger partial charge is 0.283 e. The first-order valence-electron chi connectivity index (χ1n) is 13.7. The van der Waals surface area contributed by atoms with Crippen LogP contribution in [0.2, 0.25) is 5.02 Å². The molecule has 0 radical (unpaired) electrons. The van der Waals surface area contributed by atoms with Gasteiger partial charge in [-0.15, -0.1) is 22.7 Å². The number of fused-ring (bicyclic) bond motifs is 2. The van der Waals surface area contributed by atoms with Gasteiger partial charge in [0, 0.05) is 72.9 Å². The van der Waals surface area contributed by atoms with Gasteiger partial charge in [0.15, 0.2) is 5.01 Å². The van der Waals surface area contributed by atoms with E-state index in [0.717, 1.165) is 51.5 Å². The summed E-state index contributed by atoms with van der Waals surface area (Å²) in [6.45, 7) is 3.07. The van der Waals surface area contributed by atoms with E-state index >= 15 is 0 Å². The number of hydrogen-bond acceptors (Lipinski definition) is 10. The van der Waals surface area contributed by atoms with Crippen molar-refractivity contribution in [2.45, 2.75) is 29.6 Å². The fourth-order valence-corrected chi connectivity index (χ4v) is 11.5. The van der Waals surface area contributed by atoms with Crippen LogP contribution >= 0.6 is 34.3 Å². The first kappa shape index (κ1) is 30.3. The molecule has 3 aliphatic rings. The largest absolute Gasteiger partial charge is 0.379 e. The molecule has 2 fully saturated rings. The molecule has 0 aliphatic carbocycles. The van der Waals surface area contributed by atoms with Gasteiger partial charge >= 0.3 is 0 Å². The Bertz CT molecular complexity index is 1700. The molecule has 0 saturated carbocycles. The summed E-state index contributed by atoms with van der Waals surface area (Å²) in [6.07, 6.45) is 0.872. The van der Waals surface area contributed by atoms with Crippen LogP contribution in [-0.2, 0) is 37.7 Å². The third kappa shape index (κ3) is 6.13. The number of likely N-dealkylation sites (N-methyl/N-ethyl adjacent to an activating group) is 1. The summed E-state index contributed by atoms with van der Waals surface area (Å²) in [7, 11) is -5.48. The Labute approximate surface area is 258 Å². The molecule has 1 atom stereocenters. The molecule has 42 heavy (non-hydrogen) atoms. The van der Waals surface area contributed by atoms with Gasteiger partial charge in [0.2, 0.25) is 10.0 Å². The Morgan fingerprint density at radius 1 is 1.05 bits per heavy atom. The highest BCUT2D eigenvalue weighted by Crippen LogP contribution is 2.34. The van der Waals surface area contributed by atoms with Crippen molar-refractivity contribution in [2.24, 2.45) is 0 Å². The number of hydrogen-bond donors (Lipinski definition) is 0. The van der Waals surface area contributed by atoms with E-state index in [-0.39, 0.29) is 55.0 Å². The van der Waals surface area contributed by atoms with Crippen LogP contribution in [0.5, 0.6) is 0 Å². The van der Waals surface area contributed by atoms with E-state index in [9.17, 15) is 21.6 Å². The molecule has 0 spiro atoms. The van der Waals surface area contributed by atoms with E-state index in [0.29, 0.717) is 23.2 Å². The number of carbonyl (C=O) groups excluding carboxylic acids is 1. The topological polar surface area (TPSA) is 120 Å². The molecular formula is C26H32ClN5O6S4. The van der Waals surface area contributed by atoms with Crippen molar-refractivity contribution in [2.75, 3.05) is 65.3 Å². The van der Waals surface area contributed by atoms with Crippen LogP contribution in [0.1, 0.15) is 26.8 Å². The third-order valence-electron chi connectivity index (χ3n) is 7.94. The first-order valence-corrected chi connectivity index (χ1v) is 18.8. The van der Waals surface area contributed by atoms with Gasteiger partial charge < -0.3 is 14.5 Å². The van der Waals surface area contributed by atoms with Crippen LogP contribution in [-0.4, -0.2) is 117 Å². The lowest BCUT2D eigenvalue weighted by Gasteiger charge is -2.40. The molecule has 3 aromatic rings. The van der Waals surface area contributed by atoms with Gasteiger partial charge in [0.25, 0.3) is 15.9 Å². The van der Waals surface area contributed by atoms with Crippen LogP contribution in [0.4, 0.5) is 0 Å². The zero-order chi connectivity index (χ0) is 29.6. The lowest BCUT2D eigenvalue weighted by molar-refractivity contribution is 0.0556. The maximum Gasteiger partial charge on any atom is 0.283 e. The fraction of sp³-hybridized carbons (Fsp3) is 0.538. The number of rotatable bonds is 7. The van der Waals surface area contributed by atoms with Crippen molar-refractivity contribution in [3.05, 3.63) is 44.9 Å². The molecule has 11 nitrogen and oxygen atoms in total. The predicted molar refractivity (Wildman–Crippen MR) is 163 cm³/mol. The normalized spacial score (nSPS) is 21.6.